The molecule has 12 heteroatoms. The van der Waals surface area contributed by atoms with Crippen LogP contribution in [0, 0.1) is 17.8 Å². The van der Waals surface area contributed by atoms with Gasteiger partial charge in [0.25, 0.3) is 11.8 Å². The first-order valence-corrected chi connectivity index (χ1v) is 16.1. The van der Waals surface area contributed by atoms with E-state index in [1.807, 2.05) is 36.4 Å². The smallest absolute Gasteiger partial charge is 0.303 e. The average molecular weight is 670 g/mol. The van der Waals surface area contributed by atoms with Crippen molar-refractivity contribution in [3.63, 3.8) is 0 Å². The lowest BCUT2D eigenvalue weighted by Gasteiger charge is -2.50. The molecule has 2 aromatic carbocycles. The van der Waals surface area contributed by atoms with Crippen LogP contribution in [0.4, 0.5) is 0 Å². The van der Waals surface area contributed by atoms with Crippen LogP contribution in [0.15, 0.2) is 60.2 Å². The van der Waals surface area contributed by atoms with Crippen molar-refractivity contribution in [3.05, 3.63) is 71.3 Å². The molecule has 4 amide bonds. The number of aliphatic carboxylic acids is 1. The third-order valence-electron chi connectivity index (χ3n) is 9.94. The number of aromatic hydroxyl groups is 1. The Hall–Kier alpha value is -3.89. The number of ether oxygens (including phenoxy) is 1. The number of alkyl halides is 2. The van der Waals surface area contributed by atoms with Crippen LogP contribution in [0.3, 0.4) is 0 Å². The molecule has 2 N–H and O–H groups in total. The second-order valence-corrected chi connectivity index (χ2v) is 13.8. The Bertz CT molecular complexity index is 1650. The summed E-state index contributed by atoms with van der Waals surface area (Å²) >= 11 is 14.4. The van der Waals surface area contributed by atoms with E-state index in [4.69, 9.17) is 33.0 Å². The molecular weight excluding hydrogens is 635 g/mol. The monoisotopic (exact) mass is 668 g/mol. The van der Waals surface area contributed by atoms with Gasteiger partial charge in [-0.3, -0.25) is 33.8 Å². The normalized spacial score (nSPS) is 30.2. The fourth-order valence-corrected chi connectivity index (χ4v) is 8.71. The third kappa shape index (κ3) is 4.97. The molecule has 10 nitrogen and oxygen atoms in total. The fraction of sp³-hybridized carbons (Fsp3) is 0.441. The van der Waals surface area contributed by atoms with E-state index in [1.165, 1.54) is 18.0 Å². The molecule has 6 atom stereocenters. The zero-order valence-electron chi connectivity index (χ0n) is 25.2. The summed E-state index contributed by atoms with van der Waals surface area (Å²) in [7, 11) is 1.31. The van der Waals surface area contributed by atoms with Crippen LogP contribution in [0.1, 0.15) is 55.6 Å². The number of carboxylic acids is 1. The standard InChI is InChI=1S/C34H34Cl2N2O8/c1-37-31(44)33(35)17-24-21(13-14-23-27(24)30(43)38(29(23)42)15-7-3-6-10-26(40)41)28(34(33,36)32(37)45)22-12-11-20(16-25(22)39)46-18-19-8-4-2-5-9-19/h2,4-5,8-9,11-13,16,23-24,27-28,39H,3,6-7,10,14-15,17-18H2,1H3,(H,40,41). The number of benzene rings is 2. The van der Waals surface area contributed by atoms with Gasteiger partial charge >= 0.3 is 5.97 Å². The van der Waals surface area contributed by atoms with Crippen molar-refractivity contribution in [1.82, 2.24) is 9.80 Å². The largest absolute Gasteiger partial charge is 0.508 e. The number of phenols is 1. The number of allylic oxidation sites excluding steroid dienone is 2. The molecule has 242 valence electrons. The summed E-state index contributed by atoms with van der Waals surface area (Å²) in [5.74, 6) is -6.13. The van der Waals surface area contributed by atoms with Crippen LogP contribution >= 0.6 is 23.2 Å². The van der Waals surface area contributed by atoms with Crippen LogP contribution in [0.2, 0.25) is 0 Å². The van der Waals surface area contributed by atoms with Gasteiger partial charge in [0, 0.05) is 37.6 Å². The molecular formula is C34H34Cl2N2O8. The van der Waals surface area contributed by atoms with Crippen LogP contribution in [0.25, 0.3) is 0 Å². The highest BCUT2D eigenvalue weighted by Gasteiger charge is 2.76. The highest BCUT2D eigenvalue weighted by atomic mass is 35.5. The van der Waals surface area contributed by atoms with Gasteiger partial charge in [-0.15, -0.1) is 23.2 Å². The van der Waals surface area contributed by atoms with Crippen molar-refractivity contribution in [2.45, 2.75) is 60.8 Å². The van der Waals surface area contributed by atoms with E-state index in [0.29, 0.717) is 30.6 Å². The lowest BCUT2D eigenvalue weighted by Crippen LogP contribution is -2.60. The number of hydrogen-bond acceptors (Lipinski definition) is 7. The lowest BCUT2D eigenvalue weighted by molar-refractivity contribution is -0.141. The molecule has 1 saturated carbocycles. The van der Waals surface area contributed by atoms with Crippen molar-refractivity contribution in [3.8, 4) is 11.5 Å². The van der Waals surface area contributed by atoms with Gasteiger partial charge in [0.2, 0.25) is 11.8 Å². The zero-order valence-corrected chi connectivity index (χ0v) is 26.7. The first kappa shape index (κ1) is 32.1. The molecule has 2 heterocycles. The molecule has 0 spiro atoms. The van der Waals surface area contributed by atoms with Gasteiger partial charge in [-0.25, -0.2) is 0 Å². The number of amides is 4. The van der Waals surface area contributed by atoms with Crippen LogP contribution in [-0.4, -0.2) is 73.0 Å². The average Bonchev–Trinajstić information content (AvgIpc) is 3.35. The molecule has 0 radical (unpaired) electrons. The lowest BCUT2D eigenvalue weighted by atomic mass is 9.56. The van der Waals surface area contributed by atoms with E-state index in [9.17, 15) is 29.1 Å². The number of imide groups is 2. The molecule has 6 unspecified atom stereocenters. The van der Waals surface area contributed by atoms with Crippen molar-refractivity contribution in [2.24, 2.45) is 17.8 Å². The van der Waals surface area contributed by atoms with Crippen molar-refractivity contribution < 1.29 is 38.9 Å². The minimum atomic E-state index is -2.01. The Kier molecular flexibility index (Phi) is 8.39. The SMILES string of the molecule is CN1C(=O)C2(Cl)CC3C(=CCC4C(=O)N(CCCCCC(=O)O)C(=O)C43)C(c3ccc(OCc4ccccc4)cc3O)C2(Cl)C1=O. The van der Waals surface area contributed by atoms with E-state index in [0.717, 1.165) is 10.5 Å². The number of rotatable bonds is 10. The number of unbranched alkanes of at least 4 members (excludes halogenated alkanes) is 2. The molecule has 3 fully saturated rings. The summed E-state index contributed by atoms with van der Waals surface area (Å²) in [5.41, 5.74) is 1.77. The second-order valence-electron chi connectivity index (χ2n) is 12.5. The summed E-state index contributed by atoms with van der Waals surface area (Å²) in [6.45, 7) is 0.417. The van der Waals surface area contributed by atoms with Gasteiger partial charge in [0.15, 0.2) is 9.75 Å². The van der Waals surface area contributed by atoms with Gasteiger partial charge in [-0.05, 0) is 43.2 Å². The first-order valence-electron chi connectivity index (χ1n) is 15.4. The quantitative estimate of drug-likeness (QED) is 0.162. The number of carbonyl (C=O) groups is 5. The molecule has 2 aromatic rings. The molecule has 2 aliphatic carbocycles. The number of carbonyl (C=O) groups excluding carboxylic acids is 4. The summed E-state index contributed by atoms with van der Waals surface area (Å²) in [6.07, 6.45) is 3.34. The molecule has 2 saturated heterocycles. The van der Waals surface area contributed by atoms with Crippen molar-refractivity contribution in [1.29, 1.82) is 0 Å². The summed E-state index contributed by atoms with van der Waals surface area (Å²) < 4.78 is 5.88. The molecule has 46 heavy (non-hydrogen) atoms. The number of hydrogen-bond donors (Lipinski definition) is 2. The Balaban J connectivity index is 1.34. The topological polar surface area (TPSA) is 142 Å². The van der Waals surface area contributed by atoms with Gasteiger partial charge < -0.3 is 14.9 Å². The van der Waals surface area contributed by atoms with E-state index < -0.39 is 51.2 Å². The number of phenolic OH excluding ortho intramolecular Hbond substituents is 1. The Morgan fingerprint density at radius 3 is 2.41 bits per heavy atom. The molecule has 0 bridgehead atoms. The Morgan fingerprint density at radius 2 is 1.72 bits per heavy atom. The number of halogens is 2. The Labute approximate surface area is 275 Å². The van der Waals surface area contributed by atoms with Crippen LogP contribution in [0.5, 0.6) is 11.5 Å². The maximum atomic E-state index is 13.9. The van der Waals surface area contributed by atoms with Crippen LogP contribution in [-0.2, 0) is 30.6 Å². The minimum Gasteiger partial charge on any atom is -0.508 e. The highest BCUT2D eigenvalue weighted by molar-refractivity contribution is 6.53. The molecule has 4 aliphatic rings. The van der Waals surface area contributed by atoms with Crippen molar-refractivity contribution >= 4 is 52.8 Å². The molecule has 6 rings (SSSR count). The van der Waals surface area contributed by atoms with E-state index >= 15 is 0 Å². The predicted octanol–water partition coefficient (Wildman–Crippen LogP) is 4.60. The van der Waals surface area contributed by atoms with Crippen molar-refractivity contribution in [2.75, 3.05) is 13.6 Å². The van der Waals surface area contributed by atoms with Gasteiger partial charge in [-0.1, -0.05) is 54.5 Å². The van der Waals surface area contributed by atoms with Gasteiger partial charge in [-0.2, -0.15) is 0 Å². The van der Waals surface area contributed by atoms with E-state index in [1.54, 1.807) is 12.1 Å². The van der Waals surface area contributed by atoms with E-state index in [2.05, 4.69) is 0 Å². The summed E-state index contributed by atoms with van der Waals surface area (Å²) in [6, 6.07) is 14.2. The molecule has 2 aliphatic heterocycles. The second kappa shape index (κ2) is 12.0. The maximum absolute atomic E-state index is 13.9. The third-order valence-corrected chi connectivity index (χ3v) is 11.4. The fourth-order valence-electron chi connectivity index (χ4n) is 7.70. The summed E-state index contributed by atoms with van der Waals surface area (Å²) in [4.78, 5) is 63.8. The number of carboxylic acid groups (broad SMARTS) is 1. The maximum Gasteiger partial charge on any atom is 0.303 e. The predicted molar refractivity (Wildman–Crippen MR) is 167 cm³/mol. The number of nitrogens with zero attached hydrogens (tertiary/aromatic N) is 2. The number of fused-ring (bicyclic) bond motifs is 4. The zero-order chi connectivity index (χ0) is 33.0. The van der Waals surface area contributed by atoms with E-state index in [-0.39, 0.29) is 55.5 Å². The number of likely N-dealkylation sites (tertiary alicyclic amines) is 2. The van der Waals surface area contributed by atoms with Gasteiger partial charge in [0.05, 0.1) is 11.8 Å². The minimum absolute atomic E-state index is 0.00996. The van der Waals surface area contributed by atoms with Gasteiger partial charge in [0.1, 0.15) is 18.1 Å². The first-order chi connectivity index (χ1) is 21.9. The van der Waals surface area contributed by atoms with Crippen LogP contribution < -0.4 is 4.74 Å². The Morgan fingerprint density at radius 1 is 0.978 bits per heavy atom. The molecule has 0 aromatic heterocycles. The summed E-state index contributed by atoms with van der Waals surface area (Å²) in [5, 5.41) is 20.3. The highest BCUT2D eigenvalue weighted by Crippen LogP contribution is 2.66.